The Morgan fingerprint density at radius 3 is 2.72 bits per heavy atom. The zero-order valence-electron chi connectivity index (χ0n) is 9.86. The minimum absolute atomic E-state index is 0.931. The van der Waals surface area contributed by atoms with Gasteiger partial charge in [0.05, 0.1) is 21.5 Å². The Hall–Kier alpha value is -1.67. The number of amidine groups is 2. The molecule has 0 aromatic heterocycles. The highest BCUT2D eigenvalue weighted by atomic mass is 27.0. The Balaban J connectivity index is 2.20. The number of aliphatic imine (C=N–C) groups is 2. The number of nitrogens with two attached hydrogens (primary N) is 1. The van der Waals surface area contributed by atoms with Crippen LogP contribution in [0.15, 0.2) is 34.3 Å². The van der Waals surface area contributed by atoms with Gasteiger partial charge >= 0.3 is 16.3 Å². The van der Waals surface area contributed by atoms with Crippen molar-refractivity contribution in [3.8, 4) is 0 Å². The van der Waals surface area contributed by atoms with E-state index in [1.807, 2.05) is 6.92 Å². The van der Waals surface area contributed by atoms with Crippen molar-refractivity contribution in [2.24, 2.45) is 9.98 Å². The molecule has 18 heavy (non-hydrogen) atoms. The molecule has 0 amide bonds. The van der Waals surface area contributed by atoms with Crippen LogP contribution in [-0.4, -0.2) is 26.8 Å². The summed E-state index contributed by atoms with van der Waals surface area (Å²) in [5.74, 6) is 0.931. The molecule has 0 bridgehead atoms. The number of nitrogens with one attached hydrogen (secondary N) is 1. The molecule has 5 heteroatoms. The number of anilines is 1. The second-order valence-corrected chi connectivity index (χ2v) is 5.15. The highest BCUT2D eigenvalue weighted by Gasteiger charge is 2.22. The molecule has 4 nitrogen and oxygen atoms in total. The van der Waals surface area contributed by atoms with Crippen molar-refractivity contribution in [3.05, 3.63) is 24.3 Å². The highest BCUT2D eigenvalue weighted by Crippen LogP contribution is 2.43. The molecule has 4 rings (SSSR count). The SMILES string of the molecule is CC1=Nc2ccc3c4c(ccc(c24)N1)N=[C]([Al])[NH2+]3. The molecule has 2 heterocycles. The van der Waals surface area contributed by atoms with E-state index in [0.717, 1.165) is 27.6 Å². The quantitative estimate of drug-likeness (QED) is 0.541. The molecule has 0 fully saturated rings. The van der Waals surface area contributed by atoms with Gasteiger partial charge in [-0.3, -0.25) is 5.32 Å². The third-order valence-electron chi connectivity index (χ3n) is 3.31. The van der Waals surface area contributed by atoms with Gasteiger partial charge in [0.1, 0.15) is 11.5 Å². The molecule has 0 aliphatic carbocycles. The van der Waals surface area contributed by atoms with Crippen LogP contribution in [0.25, 0.3) is 10.8 Å². The Bertz CT molecular complexity index is 696. The number of nitrogens with zero attached hydrogens (tertiary/aromatic N) is 2. The topological polar surface area (TPSA) is 53.4 Å². The molecule has 2 aromatic carbocycles. The fraction of sp³-hybridized carbons (Fsp3) is 0.0769. The summed E-state index contributed by atoms with van der Waals surface area (Å²) in [6.07, 6.45) is 0. The lowest BCUT2D eigenvalue weighted by Crippen LogP contribution is -2.83. The minimum atomic E-state index is 0.931. The lowest BCUT2D eigenvalue weighted by molar-refractivity contribution is -0.437. The summed E-state index contributed by atoms with van der Waals surface area (Å²) in [5.41, 5.74) is 4.38. The number of rotatable bonds is 0. The van der Waals surface area contributed by atoms with Crippen molar-refractivity contribution in [2.75, 3.05) is 5.32 Å². The first-order chi connectivity index (χ1) is 8.72. The van der Waals surface area contributed by atoms with Gasteiger partial charge in [-0.1, -0.05) is 0 Å². The van der Waals surface area contributed by atoms with Gasteiger partial charge in [-0.15, -0.1) is 0 Å². The normalized spacial score (nSPS) is 16.1. The van der Waals surface area contributed by atoms with Crippen molar-refractivity contribution >= 4 is 60.3 Å². The van der Waals surface area contributed by atoms with E-state index in [4.69, 9.17) is 0 Å². The zero-order chi connectivity index (χ0) is 12.3. The highest BCUT2D eigenvalue weighted by molar-refractivity contribution is 6.56. The van der Waals surface area contributed by atoms with E-state index in [9.17, 15) is 0 Å². The third-order valence-corrected chi connectivity index (χ3v) is 3.60. The van der Waals surface area contributed by atoms with Crippen LogP contribution in [0.4, 0.5) is 22.7 Å². The summed E-state index contributed by atoms with van der Waals surface area (Å²) in [6, 6.07) is 8.34. The minimum Gasteiger partial charge on any atom is -0.343 e. The number of hydrogen-bond donors (Lipinski definition) is 2. The van der Waals surface area contributed by atoms with Gasteiger partial charge in [0.2, 0.25) is 0 Å². The van der Waals surface area contributed by atoms with E-state index in [1.54, 1.807) is 0 Å². The average molecular weight is 249 g/mol. The van der Waals surface area contributed by atoms with Crippen LogP contribution in [0.5, 0.6) is 0 Å². The standard InChI is InChI=1S/C13H10N4.Al/c1-7-16-10-4-2-8-12-9(15-6-14-8)3-5-11(17-7)13(10)12;/h2-5H,14H2,1H3,(H,16,17);/q+1;. The van der Waals surface area contributed by atoms with Gasteiger partial charge in [0, 0.05) is 17.1 Å². The lowest BCUT2D eigenvalue weighted by atomic mass is 10.0. The predicted molar refractivity (Wildman–Crippen MR) is 74.8 cm³/mol. The van der Waals surface area contributed by atoms with Gasteiger partial charge in [-0.25, -0.2) is 9.98 Å². The van der Waals surface area contributed by atoms with E-state index >= 15 is 0 Å². The summed E-state index contributed by atoms with van der Waals surface area (Å²) in [6.45, 7) is 1.98. The maximum atomic E-state index is 4.57. The molecule has 2 aliphatic heterocycles. The van der Waals surface area contributed by atoms with E-state index in [2.05, 4.69) is 61.2 Å². The molecule has 0 saturated carbocycles. The number of hydrogen-bond acceptors (Lipinski definition) is 3. The Morgan fingerprint density at radius 1 is 1.06 bits per heavy atom. The summed E-state index contributed by atoms with van der Waals surface area (Å²) in [5, 5.41) is 7.78. The van der Waals surface area contributed by atoms with Gasteiger partial charge in [0.25, 0.3) is 0 Å². The van der Waals surface area contributed by atoms with Crippen LogP contribution in [0, 0.1) is 0 Å². The van der Waals surface area contributed by atoms with Crippen molar-refractivity contribution < 1.29 is 5.32 Å². The first-order valence-corrected chi connectivity index (χ1v) is 6.41. The summed E-state index contributed by atoms with van der Waals surface area (Å²) in [4.78, 5) is 9.13. The Kier molecular flexibility index (Phi) is 1.95. The second kappa shape index (κ2) is 3.42. The molecule has 0 saturated heterocycles. The predicted octanol–water partition coefficient (Wildman–Crippen LogP) is 1.68. The van der Waals surface area contributed by atoms with E-state index in [0.29, 0.717) is 0 Å². The lowest BCUT2D eigenvalue weighted by Gasteiger charge is -2.21. The van der Waals surface area contributed by atoms with Crippen LogP contribution in [0.3, 0.4) is 0 Å². The molecule has 2 radical (unpaired) electrons. The van der Waals surface area contributed by atoms with Crippen LogP contribution >= 0.6 is 0 Å². The van der Waals surface area contributed by atoms with Gasteiger partial charge < -0.3 is 5.32 Å². The van der Waals surface area contributed by atoms with Crippen molar-refractivity contribution in [1.29, 1.82) is 0 Å². The first-order valence-electron chi connectivity index (χ1n) is 5.83. The van der Waals surface area contributed by atoms with Gasteiger partial charge in [0.15, 0.2) is 0 Å². The van der Waals surface area contributed by atoms with Crippen LogP contribution < -0.4 is 10.6 Å². The summed E-state index contributed by atoms with van der Waals surface area (Å²) >= 11 is 2.66. The largest absolute Gasteiger partial charge is 0.343 e. The molecule has 0 atom stereocenters. The van der Waals surface area contributed by atoms with Crippen molar-refractivity contribution in [2.45, 2.75) is 6.92 Å². The van der Waals surface area contributed by atoms with Crippen LogP contribution in [0.1, 0.15) is 6.92 Å². The van der Waals surface area contributed by atoms with Crippen LogP contribution in [0.2, 0.25) is 0 Å². The molecular weight excluding hydrogens is 239 g/mol. The Labute approximate surface area is 112 Å². The molecule has 2 aliphatic rings. The smallest absolute Gasteiger partial charge is 0.314 e. The summed E-state index contributed by atoms with van der Waals surface area (Å²) < 4.78 is 0.967. The molecule has 2 aromatic rings. The van der Waals surface area contributed by atoms with Crippen molar-refractivity contribution in [1.82, 2.24) is 0 Å². The second-order valence-electron chi connectivity index (χ2n) is 4.56. The maximum Gasteiger partial charge on any atom is 0.314 e. The fourth-order valence-electron chi connectivity index (χ4n) is 2.63. The Morgan fingerprint density at radius 2 is 1.83 bits per heavy atom. The summed E-state index contributed by atoms with van der Waals surface area (Å²) in [7, 11) is 0. The average Bonchev–Trinajstić information content (AvgIpc) is 2.34. The van der Waals surface area contributed by atoms with E-state index < -0.39 is 0 Å². The first kappa shape index (κ1) is 10.3. The van der Waals surface area contributed by atoms with Gasteiger partial charge in [-0.2, -0.15) is 0 Å². The van der Waals surface area contributed by atoms with Gasteiger partial charge in [-0.05, 0) is 25.1 Å². The number of benzene rings is 2. The molecule has 84 valence electrons. The fourth-order valence-corrected chi connectivity index (χ4v) is 2.95. The van der Waals surface area contributed by atoms with Crippen molar-refractivity contribution in [3.63, 3.8) is 0 Å². The molecular formula is C13H10AlN4+. The third kappa shape index (κ3) is 1.30. The van der Waals surface area contributed by atoms with E-state index in [-0.39, 0.29) is 0 Å². The molecule has 0 spiro atoms. The number of quaternary nitrogens is 1. The van der Waals surface area contributed by atoms with Crippen LogP contribution in [-0.2, 0) is 0 Å². The molecule has 0 unspecified atom stereocenters. The monoisotopic (exact) mass is 249 g/mol. The zero-order valence-corrected chi connectivity index (χ0v) is 11.0. The molecule has 3 N–H and O–H groups in total. The van der Waals surface area contributed by atoms with E-state index in [1.165, 1.54) is 16.5 Å². The maximum absolute atomic E-state index is 4.57.